The Morgan fingerprint density at radius 2 is 2.12 bits per heavy atom. The highest BCUT2D eigenvalue weighted by Crippen LogP contribution is 2.14. The highest BCUT2D eigenvalue weighted by Gasteiger charge is 2.34. The van der Waals surface area contributed by atoms with Crippen LogP contribution in [0.1, 0.15) is 19.8 Å². The Labute approximate surface area is 96.8 Å². The molecule has 1 aliphatic heterocycles. The topological polar surface area (TPSA) is 61.8 Å². The number of carbonyl (C=O) groups is 1. The Kier molecular flexibility index (Phi) is 4.70. The van der Waals surface area contributed by atoms with E-state index in [1.807, 2.05) is 11.9 Å². The number of hydrogen-bond acceptors (Lipinski definition) is 5. The summed E-state index contributed by atoms with van der Waals surface area (Å²) in [6, 6.07) is 0.428. The van der Waals surface area contributed by atoms with Gasteiger partial charge in [0.1, 0.15) is 0 Å². The molecule has 1 rings (SSSR count). The Morgan fingerprint density at radius 1 is 1.56 bits per heavy atom. The number of nitrogens with one attached hydrogen (secondary N) is 1. The van der Waals surface area contributed by atoms with Crippen molar-refractivity contribution in [1.29, 1.82) is 0 Å². The molecule has 1 unspecified atom stereocenters. The fourth-order valence-corrected chi connectivity index (χ4v) is 2.15. The molecule has 0 aromatic carbocycles. The molecule has 2 N–H and O–H groups in total. The maximum absolute atomic E-state index is 11.3. The van der Waals surface area contributed by atoms with Crippen LogP contribution in [0, 0.1) is 0 Å². The van der Waals surface area contributed by atoms with E-state index in [9.17, 15) is 9.90 Å². The van der Waals surface area contributed by atoms with Crippen molar-refractivity contribution in [2.45, 2.75) is 31.4 Å². The zero-order valence-electron chi connectivity index (χ0n) is 10.3. The number of aliphatic hydroxyl groups is 1. The van der Waals surface area contributed by atoms with Crippen LogP contribution in [0.5, 0.6) is 0 Å². The Morgan fingerprint density at radius 3 is 2.62 bits per heavy atom. The number of esters is 1. The maximum atomic E-state index is 11.3. The summed E-state index contributed by atoms with van der Waals surface area (Å²) < 4.78 is 4.58. The summed E-state index contributed by atoms with van der Waals surface area (Å²) in [5, 5.41) is 13.2. The Bertz CT molecular complexity index is 237. The molecule has 0 spiro atoms. The minimum absolute atomic E-state index is 0.310. The average molecular weight is 230 g/mol. The number of piperidine rings is 1. The van der Waals surface area contributed by atoms with Crippen LogP contribution in [-0.4, -0.2) is 61.4 Å². The van der Waals surface area contributed by atoms with E-state index in [4.69, 9.17) is 0 Å². The van der Waals surface area contributed by atoms with Crippen LogP contribution in [0.15, 0.2) is 0 Å². The summed E-state index contributed by atoms with van der Waals surface area (Å²) in [6.07, 6.45) is 2.10. The van der Waals surface area contributed by atoms with E-state index < -0.39 is 11.6 Å². The van der Waals surface area contributed by atoms with E-state index in [1.54, 1.807) is 0 Å². The lowest BCUT2D eigenvalue weighted by Gasteiger charge is -2.35. The highest BCUT2D eigenvalue weighted by molar-refractivity contribution is 5.78. The van der Waals surface area contributed by atoms with E-state index >= 15 is 0 Å². The fourth-order valence-electron chi connectivity index (χ4n) is 2.15. The summed E-state index contributed by atoms with van der Waals surface area (Å²) >= 11 is 0. The molecule has 16 heavy (non-hydrogen) atoms. The molecule has 0 amide bonds. The third-order valence-corrected chi connectivity index (χ3v) is 3.11. The number of carbonyl (C=O) groups excluding carboxylic acids is 1. The molecule has 0 aromatic rings. The van der Waals surface area contributed by atoms with Crippen LogP contribution in [0.25, 0.3) is 0 Å². The molecule has 0 aromatic heterocycles. The third-order valence-electron chi connectivity index (χ3n) is 3.11. The largest absolute Gasteiger partial charge is 0.467 e. The number of rotatable bonds is 4. The number of hydrogen-bond donors (Lipinski definition) is 2. The second kappa shape index (κ2) is 5.61. The van der Waals surface area contributed by atoms with Crippen LogP contribution in [0.2, 0.25) is 0 Å². The number of methoxy groups -OCH3 is 1. The van der Waals surface area contributed by atoms with Crippen LogP contribution >= 0.6 is 0 Å². The van der Waals surface area contributed by atoms with E-state index in [0.717, 1.165) is 25.9 Å². The van der Waals surface area contributed by atoms with Crippen molar-refractivity contribution in [1.82, 2.24) is 10.2 Å². The second-order valence-corrected chi connectivity index (χ2v) is 4.66. The van der Waals surface area contributed by atoms with Gasteiger partial charge in [0.05, 0.1) is 7.11 Å². The van der Waals surface area contributed by atoms with Gasteiger partial charge in [-0.25, -0.2) is 4.79 Å². The number of likely N-dealkylation sites (N-methyl/N-ethyl adjacent to an activating group) is 1. The summed E-state index contributed by atoms with van der Waals surface area (Å²) in [5.74, 6) is -0.576. The van der Waals surface area contributed by atoms with E-state index in [0.29, 0.717) is 12.6 Å². The quantitative estimate of drug-likeness (QED) is 0.643. The molecule has 1 heterocycles. The minimum Gasteiger partial charge on any atom is -0.467 e. The van der Waals surface area contributed by atoms with Crippen molar-refractivity contribution in [2.24, 2.45) is 0 Å². The molecule has 1 atom stereocenters. The summed E-state index contributed by atoms with van der Waals surface area (Å²) in [6.45, 7) is 3.80. The predicted octanol–water partition coefficient (Wildman–Crippen LogP) is -0.406. The molecular formula is C11H22N2O3. The van der Waals surface area contributed by atoms with E-state index in [2.05, 4.69) is 10.1 Å². The number of nitrogens with zero attached hydrogens (tertiary/aromatic N) is 1. The Hall–Kier alpha value is -0.650. The van der Waals surface area contributed by atoms with Gasteiger partial charge in [0.2, 0.25) is 0 Å². The van der Waals surface area contributed by atoms with Crippen LogP contribution in [0.4, 0.5) is 0 Å². The molecule has 5 nitrogen and oxygen atoms in total. The molecule has 0 radical (unpaired) electrons. The van der Waals surface area contributed by atoms with Crippen molar-refractivity contribution < 1.29 is 14.6 Å². The third kappa shape index (κ3) is 3.43. The van der Waals surface area contributed by atoms with Crippen LogP contribution in [0.3, 0.4) is 0 Å². The molecule has 0 saturated carbocycles. The molecule has 94 valence electrons. The monoisotopic (exact) mass is 230 g/mol. The predicted molar refractivity (Wildman–Crippen MR) is 61.2 cm³/mol. The maximum Gasteiger partial charge on any atom is 0.338 e. The molecule has 0 aliphatic carbocycles. The zero-order chi connectivity index (χ0) is 12.2. The van der Waals surface area contributed by atoms with Crippen LogP contribution < -0.4 is 5.32 Å². The smallest absolute Gasteiger partial charge is 0.338 e. The fraction of sp³-hybridized carbons (Fsp3) is 0.909. The second-order valence-electron chi connectivity index (χ2n) is 4.66. The van der Waals surface area contributed by atoms with Crippen LogP contribution in [-0.2, 0) is 9.53 Å². The van der Waals surface area contributed by atoms with Gasteiger partial charge in [0, 0.05) is 12.6 Å². The molecule has 1 saturated heterocycles. The first-order valence-corrected chi connectivity index (χ1v) is 5.69. The van der Waals surface area contributed by atoms with Gasteiger partial charge in [-0.2, -0.15) is 0 Å². The molecule has 1 fully saturated rings. The van der Waals surface area contributed by atoms with Gasteiger partial charge in [-0.1, -0.05) is 0 Å². The summed E-state index contributed by atoms with van der Waals surface area (Å²) in [7, 11) is 3.23. The average Bonchev–Trinajstić information content (AvgIpc) is 2.28. The summed E-state index contributed by atoms with van der Waals surface area (Å²) in [5.41, 5.74) is -1.42. The Balaban J connectivity index is 2.48. The zero-order valence-corrected chi connectivity index (χ0v) is 10.3. The lowest BCUT2D eigenvalue weighted by Crippen LogP contribution is -2.51. The lowest BCUT2D eigenvalue weighted by molar-refractivity contribution is -0.162. The van der Waals surface area contributed by atoms with Crippen molar-refractivity contribution in [3.05, 3.63) is 0 Å². The standard InChI is InChI=1S/C11H22N2O3/c1-11(15,10(14)16-3)8-13(2)9-4-6-12-7-5-9/h9,12,15H,4-8H2,1-3H3. The highest BCUT2D eigenvalue weighted by atomic mass is 16.5. The van der Waals surface area contributed by atoms with Gasteiger partial charge in [-0.15, -0.1) is 0 Å². The molecule has 0 bridgehead atoms. The van der Waals surface area contributed by atoms with Gasteiger partial charge in [-0.3, -0.25) is 4.90 Å². The first-order chi connectivity index (χ1) is 7.47. The van der Waals surface area contributed by atoms with Crippen molar-refractivity contribution in [3.8, 4) is 0 Å². The van der Waals surface area contributed by atoms with Crippen molar-refractivity contribution in [2.75, 3.05) is 33.8 Å². The SMILES string of the molecule is COC(=O)C(C)(O)CN(C)C1CCNCC1. The first-order valence-electron chi connectivity index (χ1n) is 5.69. The molecule has 5 heteroatoms. The van der Waals surface area contributed by atoms with Crippen molar-refractivity contribution >= 4 is 5.97 Å². The molecular weight excluding hydrogens is 208 g/mol. The van der Waals surface area contributed by atoms with E-state index in [-0.39, 0.29) is 0 Å². The normalized spacial score (nSPS) is 21.8. The lowest BCUT2D eigenvalue weighted by atomic mass is 10.0. The first kappa shape index (κ1) is 13.4. The van der Waals surface area contributed by atoms with Gasteiger partial charge in [0.25, 0.3) is 0 Å². The van der Waals surface area contributed by atoms with Gasteiger partial charge < -0.3 is 15.2 Å². The number of ether oxygens (including phenoxy) is 1. The summed E-state index contributed by atoms with van der Waals surface area (Å²) in [4.78, 5) is 13.4. The van der Waals surface area contributed by atoms with Crippen molar-refractivity contribution in [3.63, 3.8) is 0 Å². The molecule has 1 aliphatic rings. The van der Waals surface area contributed by atoms with Gasteiger partial charge in [-0.05, 0) is 39.9 Å². The van der Waals surface area contributed by atoms with Gasteiger partial charge in [0.15, 0.2) is 5.60 Å². The van der Waals surface area contributed by atoms with Gasteiger partial charge >= 0.3 is 5.97 Å². The minimum atomic E-state index is -1.42. The van der Waals surface area contributed by atoms with E-state index in [1.165, 1.54) is 14.0 Å².